The number of halogens is 2. The van der Waals surface area contributed by atoms with E-state index in [1.807, 2.05) is 0 Å². The molecule has 0 aliphatic heterocycles. The lowest BCUT2D eigenvalue weighted by molar-refractivity contribution is -0.0387. The summed E-state index contributed by atoms with van der Waals surface area (Å²) in [5, 5.41) is 11.0. The third-order valence-electron chi connectivity index (χ3n) is 3.84. The molecule has 3 heteroatoms. The Morgan fingerprint density at radius 1 is 1.33 bits per heavy atom. The van der Waals surface area contributed by atoms with Gasteiger partial charge in [-0.05, 0) is 42.4 Å². The van der Waals surface area contributed by atoms with Crippen LogP contribution in [0, 0.1) is 11.2 Å². The molecule has 0 spiro atoms. The number of rotatable bonds is 2. The number of hydrogen-bond acceptors (Lipinski definition) is 1. The molecule has 1 aliphatic rings. The third kappa shape index (κ3) is 3.24. The summed E-state index contributed by atoms with van der Waals surface area (Å²) in [6, 6.07) is 4.67. The summed E-state index contributed by atoms with van der Waals surface area (Å²) in [5.41, 5.74) is -0.0913. The molecule has 0 aromatic heterocycles. The van der Waals surface area contributed by atoms with Crippen molar-refractivity contribution in [2.24, 2.45) is 5.41 Å². The van der Waals surface area contributed by atoms with Crippen LogP contribution in [0.3, 0.4) is 0 Å². The van der Waals surface area contributed by atoms with Crippen molar-refractivity contribution in [3.05, 3.63) is 34.6 Å². The molecule has 1 aromatic rings. The Hall–Kier alpha value is -0.600. The Labute approximate surface area is 113 Å². The van der Waals surface area contributed by atoms with Crippen molar-refractivity contribution in [1.29, 1.82) is 0 Å². The van der Waals surface area contributed by atoms with Gasteiger partial charge in [-0.1, -0.05) is 37.9 Å². The molecule has 1 N–H and O–H groups in total. The highest BCUT2D eigenvalue weighted by atomic mass is 35.5. The molecule has 0 amide bonds. The van der Waals surface area contributed by atoms with E-state index >= 15 is 0 Å². The van der Waals surface area contributed by atoms with Crippen molar-refractivity contribution in [1.82, 2.24) is 0 Å². The quantitative estimate of drug-likeness (QED) is 0.847. The van der Waals surface area contributed by atoms with Crippen molar-refractivity contribution in [3.63, 3.8) is 0 Å². The van der Waals surface area contributed by atoms with Crippen LogP contribution in [0.4, 0.5) is 4.39 Å². The minimum Gasteiger partial charge on any atom is -0.390 e. The monoisotopic (exact) mass is 270 g/mol. The van der Waals surface area contributed by atoms with Crippen LogP contribution in [0.25, 0.3) is 0 Å². The summed E-state index contributed by atoms with van der Waals surface area (Å²) < 4.78 is 13.8. The van der Waals surface area contributed by atoms with Crippen LogP contribution in [0.2, 0.25) is 5.02 Å². The van der Waals surface area contributed by atoms with Crippen LogP contribution in [0.1, 0.15) is 45.1 Å². The van der Waals surface area contributed by atoms with E-state index in [4.69, 9.17) is 11.6 Å². The maximum Gasteiger partial charge on any atom is 0.127 e. The van der Waals surface area contributed by atoms with Gasteiger partial charge in [-0.15, -0.1) is 0 Å². The first kappa shape index (κ1) is 13.8. The van der Waals surface area contributed by atoms with E-state index in [0.717, 1.165) is 25.7 Å². The predicted octanol–water partition coefficient (Wildman–Crippen LogP) is 4.35. The van der Waals surface area contributed by atoms with Gasteiger partial charge in [0.15, 0.2) is 0 Å². The Morgan fingerprint density at radius 3 is 2.67 bits per heavy atom. The molecule has 0 heterocycles. The lowest BCUT2D eigenvalue weighted by Gasteiger charge is -2.41. The topological polar surface area (TPSA) is 20.2 Å². The zero-order chi connectivity index (χ0) is 13.4. The number of benzene rings is 1. The predicted molar refractivity (Wildman–Crippen MR) is 72.3 cm³/mol. The van der Waals surface area contributed by atoms with Gasteiger partial charge in [0, 0.05) is 11.4 Å². The van der Waals surface area contributed by atoms with Gasteiger partial charge in [0.25, 0.3) is 0 Å². The van der Waals surface area contributed by atoms with E-state index in [1.165, 1.54) is 6.07 Å². The Morgan fingerprint density at radius 2 is 2.06 bits per heavy atom. The van der Waals surface area contributed by atoms with Crippen molar-refractivity contribution < 1.29 is 9.50 Å². The van der Waals surface area contributed by atoms with E-state index in [0.29, 0.717) is 17.0 Å². The van der Waals surface area contributed by atoms with Crippen molar-refractivity contribution in [3.8, 4) is 0 Å². The second-order valence-corrected chi connectivity index (χ2v) is 6.77. The van der Waals surface area contributed by atoms with E-state index in [1.54, 1.807) is 12.1 Å². The fraction of sp³-hybridized carbons (Fsp3) is 0.600. The minimum absolute atomic E-state index is 0.135. The van der Waals surface area contributed by atoms with E-state index in [9.17, 15) is 9.50 Å². The molecule has 1 saturated carbocycles. The van der Waals surface area contributed by atoms with Crippen molar-refractivity contribution >= 4 is 11.6 Å². The summed E-state index contributed by atoms with van der Waals surface area (Å²) in [6.07, 6.45) is 3.97. The first-order valence-electron chi connectivity index (χ1n) is 6.46. The maximum absolute atomic E-state index is 13.8. The van der Waals surface area contributed by atoms with Gasteiger partial charge in [0.2, 0.25) is 0 Å². The Kier molecular flexibility index (Phi) is 3.70. The molecular weight excluding hydrogens is 251 g/mol. The van der Waals surface area contributed by atoms with Crippen LogP contribution in [0.5, 0.6) is 0 Å². The molecule has 0 radical (unpaired) electrons. The molecule has 1 aliphatic carbocycles. The van der Waals surface area contributed by atoms with Gasteiger partial charge in [-0.3, -0.25) is 0 Å². The van der Waals surface area contributed by atoms with E-state index in [-0.39, 0.29) is 11.2 Å². The summed E-state index contributed by atoms with van der Waals surface area (Å²) in [5.74, 6) is -0.320. The van der Waals surface area contributed by atoms with Gasteiger partial charge < -0.3 is 5.11 Å². The molecule has 18 heavy (non-hydrogen) atoms. The molecule has 2 rings (SSSR count). The molecular formula is C15H20ClFO. The Bertz CT molecular complexity index is 444. The molecule has 1 unspecified atom stereocenters. The van der Waals surface area contributed by atoms with Gasteiger partial charge >= 0.3 is 0 Å². The van der Waals surface area contributed by atoms with Crippen LogP contribution in [-0.4, -0.2) is 10.7 Å². The second-order valence-electron chi connectivity index (χ2n) is 6.33. The fourth-order valence-electron chi connectivity index (χ4n) is 3.13. The molecule has 100 valence electrons. The summed E-state index contributed by atoms with van der Waals surface area (Å²) >= 11 is 5.74. The molecule has 0 saturated heterocycles. The summed E-state index contributed by atoms with van der Waals surface area (Å²) in [4.78, 5) is 0. The third-order valence-corrected chi connectivity index (χ3v) is 4.07. The highest BCUT2D eigenvalue weighted by Crippen LogP contribution is 2.42. The van der Waals surface area contributed by atoms with Gasteiger partial charge in [0.1, 0.15) is 5.82 Å². The van der Waals surface area contributed by atoms with Crippen LogP contribution in [-0.2, 0) is 6.42 Å². The highest BCUT2D eigenvalue weighted by Gasteiger charge is 2.38. The van der Waals surface area contributed by atoms with Gasteiger partial charge in [-0.25, -0.2) is 4.39 Å². The first-order valence-corrected chi connectivity index (χ1v) is 6.84. The standard InChI is InChI=1S/C15H20ClFO/c1-14(2)6-3-7-15(18,10-14)9-11-4-5-12(16)8-13(11)17/h4-5,8,18H,3,6-7,9-10H2,1-2H3. The first-order chi connectivity index (χ1) is 8.30. The zero-order valence-electron chi connectivity index (χ0n) is 11.0. The zero-order valence-corrected chi connectivity index (χ0v) is 11.7. The average molecular weight is 271 g/mol. The number of aliphatic hydroxyl groups is 1. The maximum atomic E-state index is 13.8. The SMILES string of the molecule is CC1(C)CCCC(O)(Cc2ccc(Cl)cc2F)C1. The summed E-state index contributed by atoms with van der Waals surface area (Å²) in [7, 11) is 0. The molecule has 0 bridgehead atoms. The fourth-order valence-corrected chi connectivity index (χ4v) is 3.29. The van der Waals surface area contributed by atoms with Gasteiger partial charge in [0.05, 0.1) is 5.60 Å². The highest BCUT2D eigenvalue weighted by molar-refractivity contribution is 6.30. The van der Waals surface area contributed by atoms with Crippen LogP contribution >= 0.6 is 11.6 Å². The minimum atomic E-state index is -0.781. The van der Waals surface area contributed by atoms with E-state index in [2.05, 4.69) is 13.8 Å². The van der Waals surface area contributed by atoms with Crippen molar-refractivity contribution in [2.75, 3.05) is 0 Å². The smallest absolute Gasteiger partial charge is 0.127 e. The number of hydrogen-bond donors (Lipinski definition) is 1. The largest absolute Gasteiger partial charge is 0.390 e. The second kappa shape index (κ2) is 4.82. The molecule has 1 fully saturated rings. The normalized spacial score (nSPS) is 27.2. The lowest BCUT2D eigenvalue weighted by Crippen LogP contribution is -2.40. The lowest BCUT2D eigenvalue weighted by atomic mass is 9.68. The van der Waals surface area contributed by atoms with E-state index < -0.39 is 5.60 Å². The molecule has 1 aromatic carbocycles. The van der Waals surface area contributed by atoms with Gasteiger partial charge in [-0.2, -0.15) is 0 Å². The Balaban J connectivity index is 2.17. The van der Waals surface area contributed by atoms with Crippen molar-refractivity contribution in [2.45, 2.75) is 51.6 Å². The molecule has 1 nitrogen and oxygen atoms in total. The molecule has 1 atom stereocenters. The summed E-state index contributed by atoms with van der Waals surface area (Å²) in [6.45, 7) is 4.32. The van der Waals surface area contributed by atoms with Crippen LogP contribution in [0.15, 0.2) is 18.2 Å². The van der Waals surface area contributed by atoms with Crippen LogP contribution < -0.4 is 0 Å². The average Bonchev–Trinajstić information content (AvgIpc) is 2.20.